The summed E-state index contributed by atoms with van der Waals surface area (Å²) in [6.07, 6.45) is 2.68. The average Bonchev–Trinajstić information content (AvgIpc) is 3.06. The fraction of sp³-hybridized carbons (Fsp3) is 0.278. The number of benzene rings is 1. The second-order valence-electron chi connectivity index (χ2n) is 5.67. The summed E-state index contributed by atoms with van der Waals surface area (Å²) in [7, 11) is 0. The Morgan fingerprint density at radius 1 is 1.22 bits per heavy atom. The predicted molar refractivity (Wildman–Crippen MR) is 119 cm³/mol. The predicted octanol–water partition coefficient (Wildman–Crippen LogP) is 3.55. The van der Waals surface area contributed by atoms with Gasteiger partial charge in [-0.25, -0.2) is 9.38 Å². The highest BCUT2D eigenvalue weighted by molar-refractivity contribution is 14.0. The Morgan fingerprint density at radius 3 is 2.85 bits per heavy atom. The van der Waals surface area contributed by atoms with E-state index in [1.54, 1.807) is 12.1 Å². The summed E-state index contributed by atoms with van der Waals surface area (Å²) in [5.41, 5.74) is 1.85. The first kappa shape index (κ1) is 21.5. The van der Waals surface area contributed by atoms with E-state index in [4.69, 9.17) is 0 Å². The molecule has 0 fully saturated rings. The van der Waals surface area contributed by atoms with Crippen LogP contribution in [0.3, 0.4) is 0 Å². The maximum atomic E-state index is 13.3. The van der Waals surface area contributed by atoms with Crippen LogP contribution in [0.2, 0.25) is 0 Å². The smallest absolute Gasteiger partial charge is 0.191 e. The molecule has 0 aliphatic rings. The molecule has 6 nitrogen and oxygen atoms in total. The second kappa shape index (κ2) is 10.5. The van der Waals surface area contributed by atoms with Gasteiger partial charge >= 0.3 is 0 Å². The minimum atomic E-state index is -0.253. The highest BCUT2D eigenvalue weighted by Crippen LogP contribution is 2.16. The van der Waals surface area contributed by atoms with Crippen molar-refractivity contribution in [3.8, 4) is 0 Å². The van der Waals surface area contributed by atoms with E-state index in [9.17, 15) is 4.39 Å². The van der Waals surface area contributed by atoms with E-state index in [-0.39, 0.29) is 29.8 Å². The molecule has 144 valence electrons. The zero-order valence-corrected chi connectivity index (χ0v) is 18.7. The van der Waals surface area contributed by atoms with E-state index in [0.29, 0.717) is 23.5 Å². The molecule has 9 heteroatoms. The zero-order chi connectivity index (χ0) is 18.4. The largest absolute Gasteiger partial charge is 0.357 e. The first-order valence-corrected chi connectivity index (χ1v) is 9.21. The first-order chi connectivity index (χ1) is 12.7. The molecule has 0 unspecified atom stereocenters. The number of hydrogen-bond donors (Lipinski definition) is 2. The number of rotatable bonds is 6. The Bertz CT molecular complexity index is 914. The topological polar surface area (TPSA) is 66.6 Å². The standard InChI is InChI=1S/C18H20BrFN6.HI/c1-2-21-18(22-9-8-13-6-7-15(20)14(19)11-13)23-12-17-25-24-16-5-3-4-10-26(16)17;/h3-7,10-11H,2,8-9,12H2,1H3,(H2,21,22,23);1H. The van der Waals surface area contributed by atoms with Crippen LogP contribution >= 0.6 is 39.9 Å². The van der Waals surface area contributed by atoms with Gasteiger partial charge in [-0.3, -0.25) is 4.40 Å². The molecule has 0 atom stereocenters. The van der Waals surface area contributed by atoms with Gasteiger partial charge in [-0.15, -0.1) is 34.2 Å². The summed E-state index contributed by atoms with van der Waals surface area (Å²) >= 11 is 3.21. The summed E-state index contributed by atoms with van der Waals surface area (Å²) in [4.78, 5) is 4.57. The van der Waals surface area contributed by atoms with E-state index in [1.807, 2.05) is 35.7 Å². The number of pyridine rings is 1. The monoisotopic (exact) mass is 546 g/mol. The Hall–Kier alpha value is -1.75. The SMILES string of the molecule is CCNC(=NCc1nnc2ccccn12)NCCc1ccc(F)c(Br)c1.I. The minimum Gasteiger partial charge on any atom is -0.357 e. The van der Waals surface area contributed by atoms with Crippen molar-refractivity contribution in [2.24, 2.45) is 4.99 Å². The number of fused-ring (bicyclic) bond motifs is 1. The highest BCUT2D eigenvalue weighted by Gasteiger charge is 2.05. The highest BCUT2D eigenvalue weighted by atomic mass is 127. The molecular formula is C18H21BrFIN6. The molecule has 2 N–H and O–H groups in total. The second-order valence-corrected chi connectivity index (χ2v) is 6.52. The van der Waals surface area contributed by atoms with Crippen molar-refractivity contribution in [3.05, 3.63) is 64.3 Å². The molecule has 1 aromatic carbocycles. The van der Waals surface area contributed by atoms with Gasteiger partial charge in [0.25, 0.3) is 0 Å². The Morgan fingerprint density at radius 2 is 2.07 bits per heavy atom. The van der Waals surface area contributed by atoms with E-state index in [1.165, 1.54) is 6.07 Å². The maximum absolute atomic E-state index is 13.3. The number of aromatic nitrogens is 3. The van der Waals surface area contributed by atoms with Crippen molar-refractivity contribution in [2.75, 3.05) is 13.1 Å². The average molecular weight is 547 g/mol. The van der Waals surface area contributed by atoms with Crippen LogP contribution in [-0.2, 0) is 13.0 Å². The van der Waals surface area contributed by atoms with Crippen LogP contribution in [0.5, 0.6) is 0 Å². The summed E-state index contributed by atoms with van der Waals surface area (Å²) in [5.74, 6) is 1.23. The molecule has 0 spiro atoms. The third-order valence-electron chi connectivity index (χ3n) is 3.80. The number of halogens is 3. The van der Waals surface area contributed by atoms with Crippen LogP contribution in [0.4, 0.5) is 4.39 Å². The molecule has 0 saturated carbocycles. The summed E-state index contributed by atoms with van der Waals surface area (Å²) in [6.45, 7) is 3.88. The third kappa shape index (κ3) is 5.86. The zero-order valence-electron chi connectivity index (χ0n) is 14.8. The fourth-order valence-electron chi connectivity index (χ4n) is 2.51. The number of nitrogens with one attached hydrogen (secondary N) is 2. The minimum absolute atomic E-state index is 0. The van der Waals surface area contributed by atoms with Crippen LogP contribution in [0.15, 0.2) is 52.1 Å². The van der Waals surface area contributed by atoms with Crippen molar-refractivity contribution >= 4 is 51.5 Å². The molecule has 3 rings (SSSR count). The molecule has 0 radical (unpaired) electrons. The Labute approximate surface area is 182 Å². The van der Waals surface area contributed by atoms with Gasteiger partial charge in [-0.2, -0.15) is 0 Å². The van der Waals surface area contributed by atoms with Crippen molar-refractivity contribution in [3.63, 3.8) is 0 Å². The van der Waals surface area contributed by atoms with Gasteiger partial charge < -0.3 is 10.6 Å². The van der Waals surface area contributed by atoms with Crippen molar-refractivity contribution < 1.29 is 4.39 Å². The number of hydrogen-bond acceptors (Lipinski definition) is 3. The normalized spacial score (nSPS) is 11.3. The lowest BCUT2D eigenvalue weighted by Gasteiger charge is -2.11. The Kier molecular flexibility index (Phi) is 8.42. The Balaban J connectivity index is 0.00000261. The van der Waals surface area contributed by atoms with Gasteiger partial charge in [0.15, 0.2) is 17.4 Å². The maximum Gasteiger partial charge on any atom is 0.191 e. The quantitative estimate of drug-likeness (QED) is 0.282. The lowest BCUT2D eigenvalue weighted by atomic mass is 10.1. The number of nitrogens with zero attached hydrogens (tertiary/aromatic N) is 4. The third-order valence-corrected chi connectivity index (χ3v) is 4.40. The van der Waals surface area contributed by atoms with E-state index in [2.05, 4.69) is 41.8 Å². The lowest BCUT2D eigenvalue weighted by molar-refractivity contribution is 0.620. The van der Waals surface area contributed by atoms with Crippen LogP contribution in [0, 0.1) is 5.82 Å². The van der Waals surface area contributed by atoms with Crippen LogP contribution in [0.1, 0.15) is 18.3 Å². The molecule has 0 aliphatic heterocycles. The van der Waals surface area contributed by atoms with E-state index in [0.717, 1.165) is 30.0 Å². The molecule has 3 aromatic rings. The molecule has 2 heterocycles. The van der Waals surface area contributed by atoms with Crippen molar-refractivity contribution in [1.82, 2.24) is 25.2 Å². The molecular weight excluding hydrogens is 526 g/mol. The lowest BCUT2D eigenvalue weighted by Crippen LogP contribution is -2.38. The molecule has 0 bridgehead atoms. The van der Waals surface area contributed by atoms with Gasteiger partial charge in [0, 0.05) is 19.3 Å². The molecule has 0 aliphatic carbocycles. The van der Waals surface area contributed by atoms with Gasteiger partial charge in [-0.1, -0.05) is 12.1 Å². The van der Waals surface area contributed by atoms with E-state index >= 15 is 0 Å². The van der Waals surface area contributed by atoms with Gasteiger partial charge in [-0.05, 0) is 59.1 Å². The summed E-state index contributed by atoms with van der Waals surface area (Å²) < 4.78 is 15.7. The first-order valence-electron chi connectivity index (χ1n) is 8.42. The number of guanidine groups is 1. The van der Waals surface area contributed by atoms with Crippen molar-refractivity contribution in [2.45, 2.75) is 19.9 Å². The molecule has 2 aromatic heterocycles. The van der Waals surface area contributed by atoms with E-state index < -0.39 is 0 Å². The molecule has 0 saturated heterocycles. The molecule has 27 heavy (non-hydrogen) atoms. The van der Waals surface area contributed by atoms with Crippen LogP contribution < -0.4 is 10.6 Å². The summed E-state index contributed by atoms with van der Waals surface area (Å²) in [6, 6.07) is 10.8. The van der Waals surface area contributed by atoms with Gasteiger partial charge in [0.2, 0.25) is 0 Å². The van der Waals surface area contributed by atoms with Crippen LogP contribution in [0.25, 0.3) is 5.65 Å². The van der Waals surface area contributed by atoms with Crippen LogP contribution in [-0.4, -0.2) is 33.6 Å². The number of aliphatic imine (C=N–C) groups is 1. The van der Waals surface area contributed by atoms with Gasteiger partial charge in [0.1, 0.15) is 12.4 Å². The molecule has 0 amide bonds. The van der Waals surface area contributed by atoms with Crippen molar-refractivity contribution in [1.29, 1.82) is 0 Å². The van der Waals surface area contributed by atoms with Gasteiger partial charge in [0.05, 0.1) is 4.47 Å². The summed E-state index contributed by atoms with van der Waals surface area (Å²) in [5, 5.41) is 14.8. The fourth-order valence-corrected chi connectivity index (χ4v) is 2.94.